The van der Waals surface area contributed by atoms with E-state index in [1.807, 2.05) is 19.1 Å². The number of hydrogen-bond acceptors (Lipinski definition) is 4. The van der Waals surface area contributed by atoms with E-state index in [-0.39, 0.29) is 5.91 Å². The zero-order valence-electron chi connectivity index (χ0n) is 13.4. The van der Waals surface area contributed by atoms with Crippen molar-refractivity contribution in [1.82, 2.24) is 15.3 Å². The minimum absolute atomic E-state index is 0.0732. The summed E-state index contributed by atoms with van der Waals surface area (Å²) in [5.74, 6) is 1.16. The van der Waals surface area contributed by atoms with Crippen LogP contribution >= 0.6 is 0 Å². The minimum atomic E-state index is -0.0732. The summed E-state index contributed by atoms with van der Waals surface area (Å²) in [6.45, 7) is 4.11. The molecule has 1 aliphatic heterocycles. The van der Waals surface area contributed by atoms with E-state index >= 15 is 0 Å². The molecular formula is C18H22N4O. The summed E-state index contributed by atoms with van der Waals surface area (Å²) in [6, 6.07) is 8.34. The predicted octanol–water partition coefficient (Wildman–Crippen LogP) is 2.12. The van der Waals surface area contributed by atoms with Gasteiger partial charge in [-0.05, 0) is 49.9 Å². The Labute approximate surface area is 136 Å². The molecule has 1 aliphatic rings. The van der Waals surface area contributed by atoms with Gasteiger partial charge in [-0.2, -0.15) is 0 Å². The summed E-state index contributed by atoms with van der Waals surface area (Å²) in [5, 5.41) is 6.16. The summed E-state index contributed by atoms with van der Waals surface area (Å²) in [5.41, 5.74) is 3.18. The van der Waals surface area contributed by atoms with Gasteiger partial charge >= 0.3 is 0 Å². The lowest BCUT2D eigenvalue weighted by Crippen LogP contribution is -2.15. The van der Waals surface area contributed by atoms with E-state index in [9.17, 15) is 4.79 Å². The molecule has 0 spiro atoms. The second kappa shape index (κ2) is 7.33. The van der Waals surface area contributed by atoms with E-state index in [0.29, 0.717) is 12.2 Å². The van der Waals surface area contributed by atoms with Gasteiger partial charge in [-0.25, -0.2) is 4.98 Å². The summed E-state index contributed by atoms with van der Waals surface area (Å²) in [4.78, 5) is 20.3. The maximum atomic E-state index is 12.0. The second-order valence-electron chi connectivity index (χ2n) is 6.15. The quantitative estimate of drug-likeness (QED) is 0.888. The first-order chi connectivity index (χ1) is 11.2. The number of aromatic nitrogens is 2. The fourth-order valence-corrected chi connectivity index (χ4v) is 2.84. The molecule has 2 N–H and O–H groups in total. The van der Waals surface area contributed by atoms with E-state index in [0.717, 1.165) is 36.7 Å². The van der Waals surface area contributed by atoms with Crippen LogP contribution in [0.4, 0.5) is 5.82 Å². The lowest BCUT2D eigenvalue weighted by molar-refractivity contribution is -0.115. The van der Waals surface area contributed by atoms with Gasteiger partial charge in [0.1, 0.15) is 0 Å². The van der Waals surface area contributed by atoms with Crippen LogP contribution in [0.5, 0.6) is 0 Å². The predicted molar refractivity (Wildman–Crippen MR) is 90.2 cm³/mol. The Morgan fingerprint density at radius 3 is 2.65 bits per heavy atom. The van der Waals surface area contributed by atoms with E-state index in [1.165, 1.54) is 12.0 Å². The van der Waals surface area contributed by atoms with Crippen molar-refractivity contribution in [1.29, 1.82) is 0 Å². The fourth-order valence-electron chi connectivity index (χ4n) is 2.84. The van der Waals surface area contributed by atoms with Gasteiger partial charge in [0.05, 0.1) is 24.5 Å². The molecule has 2 heterocycles. The van der Waals surface area contributed by atoms with Gasteiger partial charge in [-0.15, -0.1) is 0 Å². The third-order valence-electron chi connectivity index (χ3n) is 4.12. The van der Waals surface area contributed by atoms with Gasteiger partial charge in [0.25, 0.3) is 0 Å². The number of nitrogens with one attached hydrogen (secondary N) is 2. The number of carbonyl (C=O) groups is 1. The van der Waals surface area contributed by atoms with E-state index in [4.69, 9.17) is 0 Å². The number of aryl methyl sites for hydroxylation is 1. The number of benzene rings is 1. The topological polar surface area (TPSA) is 66.9 Å². The standard InChI is InChI=1S/C18H22N4O/c1-13-10-21-17(12-20-13)22-18(23)9-15-4-2-14(3-5-15)8-16-6-7-19-11-16/h2-5,10,12,16,19H,6-9,11H2,1H3,(H,21,22,23). The maximum Gasteiger partial charge on any atom is 0.229 e. The Hall–Kier alpha value is -2.27. The largest absolute Gasteiger partial charge is 0.316 e. The van der Waals surface area contributed by atoms with Crippen molar-refractivity contribution in [3.63, 3.8) is 0 Å². The summed E-state index contributed by atoms with van der Waals surface area (Å²) < 4.78 is 0. The van der Waals surface area contributed by atoms with Gasteiger partial charge in [-0.3, -0.25) is 9.78 Å². The molecule has 1 unspecified atom stereocenters. The van der Waals surface area contributed by atoms with Gasteiger partial charge < -0.3 is 10.6 Å². The Bertz CT molecular complexity index is 646. The third kappa shape index (κ3) is 4.60. The molecule has 5 nitrogen and oxygen atoms in total. The molecule has 5 heteroatoms. The molecule has 0 aliphatic carbocycles. The number of rotatable bonds is 5. The Morgan fingerprint density at radius 1 is 1.22 bits per heavy atom. The van der Waals surface area contributed by atoms with Gasteiger partial charge in [-0.1, -0.05) is 24.3 Å². The van der Waals surface area contributed by atoms with Crippen molar-refractivity contribution in [2.75, 3.05) is 18.4 Å². The Kier molecular flexibility index (Phi) is 4.98. The number of hydrogen-bond donors (Lipinski definition) is 2. The van der Waals surface area contributed by atoms with Crippen molar-refractivity contribution in [2.45, 2.75) is 26.2 Å². The van der Waals surface area contributed by atoms with Crippen LogP contribution in [0.25, 0.3) is 0 Å². The summed E-state index contributed by atoms with van der Waals surface area (Å²) in [7, 11) is 0. The number of amides is 1. The Morgan fingerprint density at radius 2 is 2.00 bits per heavy atom. The van der Waals surface area contributed by atoms with Crippen LogP contribution in [0.2, 0.25) is 0 Å². The molecule has 1 aromatic heterocycles. The fraction of sp³-hybridized carbons (Fsp3) is 0.389. The van der Waals surface area contributed by atoms with Crippen LogP contribution in [0.3, 0.4) is 0 Å². The normalized spacial score (nSPS) is 17.2. The average Bonchev–Trinajstić information content (AvgIpc) is 3.04. The first-order valence-corrected chi connectivity index (χ1v) is 8.06. The van der Waals surface area contributed by atoms with Crippen molar-refractivity contribution in [3.05, 3.63) is 53.5 Å². The lowest BCUT2D eigenvalue weighted by atomic mass is 9.97. The molecule has 2 aromatic rings. The molecule has 1 aromatic carbocycles. The molecule has 1 atom stereocenters. The zero-order chi connectivity index (χ0) is 16.1. The van der Waals surface area contributed by atoms with Crippen molar-refractivity contribution >= 4 is 11.7 Å². The molecule has 0 saturated carbocycles. The Balaban J connectivity index is 1.52. The highest BCUT2D eigenvalue weighted by molar-refractivity contribution is 5.91. The lowest BCUT2D eigenvalue weighted by Gasteiger charge is -2.09. The van der Waals surface area contributed by atoms with Crippen molar-refractivity contribution in [2.24, 2.45) is 5.92 Å². The SMILES string of the molecule is Cc1cnc(NC(=O)Cc2ccc(CC3CCNC3)cc2)cn1. The van der Waals surface area contributed by atoms with Crippen molar-refractivity contribution < 1.29 is 4.79 Å². The first-order valence-electron chi connectivity index (χ1n) is 8.06. The van der Waals surface area contributed by atoms with Crippen LogP contribution in [-0.2, 0) is 17.6 Å². The monoisotopic (exact) mass is 310 g/mol. The van der Waals surface area contributed by atoms with Gasteiger partial charge in [0, 0.05) is 0 Å². The molecule has 120 valence electrons. The van der Waals surface area contributed by atoms with Crippen LogP contribution in [0, 0.1) is 12.8 Å². The number of carbonyl (C=O) groups excluding carboxylic acids is 1. The van der Waals surface area contributed by atoms with Crippen LogP contribution in [-0.4, -0.2) is 29.0 Å². The molecule has 23 heavy (non-hydrogen) atoms. The maximum absolute atomic E-state index is 12.0. The average molecular weight is 310 g/mol. The zero-order valence-corrected chi connectivity index (χ0v) is 13.4. The van der Waals surface area contributed by atoms with Crippen molar-refractivity contribution in [3.8, 4) is 0 Å². The summed E-state index contributed by atoms with van der Waals surface area (Å²) >= 11 is 0. The highest BCUT2D eigenvalue weighted by Crippen LogP contribution is 2.16. The van der Waals surface area contributed by atoms with Crippen LogP contribution < -0.4 is 10.6 Å². The van der Waals surface area contributed by atoms with Gasteiger partial charge in [0.15, 0.2) is 5.82 Å². The van der Waals surface area contributed by atoms with Crippen LogP contribution in [0.15, 0.2) is 36.7 Å². The highest BCUT2D eigenvalue weighted by Gasteiger charge is 2.14. The minimum Gasteiger partial charge on any atom is -0.316 e. The van der Waals surface area contributed by atoms with E-state index in [2.05, 4.69) is 32.7 Å². The number of nitrogens with zero attached hydrogens (tertiary/aromatic N) is 2. The summed E-state index contributed by atoms with van der Waals surface area (Å²) in [6.07, 6.45) is 5.93. The van der Waals surface area contributed by atoms with Gasteiger partial charge in [0.2, 0.25) is 5.91 Å². The second-order valence-corrected chi connectivity index (χ2v) is 6.15. The van der Waals surface area contributed by atoms with E-state index < -0.39 is 0 Å². The molecule has 0 radical (unpaired) electrons. The molecule has 1 fully saturated rings. The molecule has 1 saturated heterocycles. The molecule has 3 rings (SSSR count). The van der Waals surface area contributed by atoms with Crippen LogP contribution in [0.1, 0.15) is 23.2 Å². The highest BCUT2D eigenvalue weighted by atomic mass is 16.1. The third-order valence-corrected chi connectivity index (χ3v) is 4.12. The molecule has 1 amide bonds. The molecule has 0 bridgehead atoms. The smallest absolute Gasteiger partial charge is 0.229 e. The van der Waals surface area contributed by atoms with E-state index in [1.54, 1.807) is 12.4 Å². The number of anilines is 1. The first kappa shape index (κ1) is 15.6. The molecular weight excluding hydrogens is 288 g/mol.